The molecule has 1 aliphatic heterocycles. The molecule has 0 spiro atoms. The Morgan fingerprint density at radius 3 is 2.90 bits per heavy atom. The number of hydrogen-bond acceptors (Lipinski definition) is 3. The van der Waals surface area contributed by atoms with Crippen molar-refractivity contribution in [3.8, 4) is 0 Å². The Morgan fingerprint density at radius 1 is 1.10 bits per heavy atom. The molecule has 6 atom stereocenters. The van der Waals surface area contributed by atoms with Crippen molar-refractivity contribution in [1.29, 1.82) is 0 Å². The third-order valence-corrected chi connectivity index (χ3v) is 5.91. The van der Waals surface area contributed by atoms with Crippen LogP contribution in [0.5, 0.6) is 0 Å². The zero-order chi connectivity index (χ0) is 13.1. The number of rotatable bonds is 2. The van der Waals surface area contributed by atoms with Crippen molar-refractivity contribution in [3.05, 3.63) is 48.0 Å². The molecule has 0 unspecified atom stereocenters. The van der Waals surface area contributed by atoms with Gasteiger partial charge in [0.05, 0.1) is 18.6 Å². The smallest absolute Gasteiger partial charge is 0.0983 e. The van der Waals surface area contributed by atoms with E-state index in [0.29, 0.717) is 12.1 Å². The van der Waals surface area contributed by atoms with Crippen LogP contribution in [0.2, 0.25) is 0 Å². The second-order valence-corrected chi connectivity index (χ2v) is 6.74. The van der Waals surface area contributed by atoms with Crippen molar-refractivity contribution >= 4 is 0 Å². The minimum atomic E-state index is 0.477. The average Bonchev–Trinajstić information content (AvgIpc) is 3.18. The lowest BCUT2D eigenvalue weighted by molar-refractivity contribution is 0.119. The predicted molar refractivity (Wildman–Crippen MR) is 76.8 cm³/mol. The SMILES string of the molecule is C1=C[C@H]2[C@H]3C[C@@H]([C@H]2C1)[C@@H]1N=NN(Cc2ccccc2)[C@H]31. The summed E-state index contributed by atoms with van der Waals surface area (Å²) in [5, 5.41) is 11.4. The summed E-state index contributed by atoms with van der Waals surface area (Å²) in [6, 6.07) is 11.7. The summed E-state index contributed by atoms with van der Waals surface area (Å²) in [6.45, 7) is 0.913. The molecule has 2 bridgehead atoms. The molecule has 1 heterocycles. The van der Waals surface area contributed by atoms with Crippen LogP contribution in [0.15, 0.2) is 52.8 Å². The lowest BCUT2D eigenvalue weighted by Crippen LogP contribution is -2.44. The molecule has 20 heavy (non-hydrogen) atoms. The van der Waals surface area contributed by atoms with Crippen molar-refractivity contribution in [2.45, 2.75) is 31.5 Å². The zero-order valence-corrected chi connectivity index (χ0v) is 11.5. The molecule has 1 aromatic carbocycles. The van der Waals surface area contributed by atoms with Gasteiger partial charge in [0.2, 0.25) is 0 Å². The lowest BCUT2D eigenvalue weighted by Gasteiger charge is -2.35. The maximum absolute atomic E-state index is 4.64. The highest BCUT2D eigenvalue weighted by molar-refractivity contribution is 5.22. The normalized spacial score (nSPS) is 43.3. The molecule has 0 saturated heterocycles. The molecular formula is C17H19N3. The Kier molecular flexibility index (Phi) is 2.18. The Morgan fingerprint density at radius 2 is 2.00 bits per heavy atom. The highest BCUT2D eigenvalue weighted by atomic mass is 15.6. The summed E-state index contributed by atoms with van der Waals surface area (Å²) >= 11 is 0. The van der Waals surface area contributed by atoms with E-state index in [0.717, 1.165) is 30.2 Å². The number of benzene rings is 1. The molecule has 2 fully saturated rings. The van der Waals surface area contributed by atoms with Gasteiger partial charge in [-0.15, -0.1) is 0 Å². The van der Waals surface area contributed by atoms with E-state index in [2.05, 4.69) is 57.8 Å². The van der Waals surface area contributed by atoms with Gasteiger partial charge in [0.15, 0.2) is 0 Å². The minimum Gasteiger partial charge on any atom is -0.269 e. The lowest BCUT2D eigenvalue weighted by atomic mass is 9.76. The van der Waals surface area contributed by atoms with Crippen LogP contribution in [0, 0.1) is 23.7 Å². The van der Waals surface area contributed by atoms with Crippen LogP contribution < -0.4 is 0 Å². The topological polar surface area (TPSA) is 28.0 Å². The summed E-state index contributed by atoms with van der Waals surface area (Å²) in [7, 11) is 0. The van der Waals surface area contributed by atoms with Gasteiger partial charge in [-0.2, -0.15) is 5.11 Å². The maximum atomic E-state index is 4.64. The van der Waals surface area contributed by atoms with Crippen molar-refractivity contribution in [2.75, 3.05) is 0 Å². The standard InChI is InChI=1S/C17H19N3/c1-2-5-11(6-3-1)10-20-17-15-9-14(16(17)18-19-20)12-7-4-8-13(12)15/h1-6,8,12-17H,7,9-10H2/t12-,13+,14-,15+,16-,17+/m0/s1. The van der Waals surface area contributed by atoms with Crippen molar-refractivity contribution in [1.82, 2.24) is 5.01 Å². The first kappa shape index (κ1) is 11.1. The van der Waals surface area contributed by atoms with E-state index in [-0.39, 0.29) is 0 Å². The van der Waals surface area contributed by atoms with Gasteiger partial charge in [-0.25, -0.2) is 0 Å². The van der Waals surface area contributed by atoms with Gasteiger partial charge in [0, 0.05) is 0 Å². The van der Waals surface area contributed by atoms with E-state index in [1.54, 1.807) is 0 Å². The molecule has 3 aliphatic carbocycles. The van der Waals surface area contributed by atoms with Gasteiger partial charge in [-0.1, -0.05) is 47.7 Å². The fraction of sp³-hybridized carbons (Fsp3) is 0.529. The first-order chi connectivity index (χ1) is 9.92. The second-order valence-electron chi connectivity index (χ2n) is 6.74. The van der Waals surface area contributed by atoms with Gasteiger partial charge < -0.3 is 0 Å². The summed E-state index contributed by atoms with van der Waals surface area (Å²) in [5.74, 6) is 3.25. The molecule has 0 radical (unpaired) electrons. The van der Waals surface area contributed by atoms with Crippen molar-refractivity contribution in [2.24, 2.45) is 34.0 Å². The van der Waals surface area contributed by atoms with Crippen molar-refractivity contribution in [3.63, 3.8) is 0 Å². The van der Waals surface area contributed by atoms with E-state index < -0.39 is 0 Å². The fourth-order valence-electron chi connectivity index (χ4n) is 5.17. The predicted octanol–water partition coefficient (Wildman–Crippen LogP) is 3.45. The molecule has 0 aromatic heterocycles. The summed E-state index contributed by atoms with van der Waals surface area (Å²) in [6.07, 6.45) is 7.53. The first-order valence-electron chi connectivity index (χ1n) is 7.80. The van der Waals surface area contributed by atoms with Gasteiger partial charge in [-0.05, 0) is 42.1 Å². The molecule has 4 aliphatic rings. The van der Waals surface area contributed by atoms with Crippen LogP contribution in [0.1, 0.15) is 18.4 Å². The number of fused-ring (bicyclic) bond motifs is 8. The van der Waals surface area contributed by atoms with Gasteiger partial charge in [-0.3, -0.25) is 5.01 Å². The van der Waals surface area contributed by atoms with Crippen LogP contribution in [-0.4, -0.2) is 17.1 Å². The van der Waals surface area contributed by atoms with E-state index in [1.165, 1.54) is 18.4 Å². The van der Waals surface area contributed by atoms with Crippen molar-refractivity contribution < 1.29 is 0 Å². The Hall–Kier alpha value is -1.64. The van der Waals surface area contributed by atoms with E-state index >= 15 is 0 Å². The van der Waals surface area contributed by atoms with Crippen LogP contribution in [0.25, 0.3) is 0 Å². The largest absolute Gasteiger partial charge is 0.269 e. The van der Waals surface area contributed by atoms with E-state index in [1.807, 2.05) is 0 Å². The monoisotopic (exact) mass is 265 g/mol. The summed E-state index contributed by atoms with van der Waals surface area (Å²) in [5.41, 5.74) is 1.34. The zero-order valence-electron chi connectivity index (χ0n) is 11.5. The third-order valence-electron chi connectivity index (χ3n) is 5.91. The van der Waals surface area contributed by atoms with Crippen LogP contribution >= 0.6 is 0 Å². The molecular weight excluding hydrogens is 246 g/mol. The molecule has 1 aromatic rings. The highest BCUT2D eigenvalue weighted by Gasteiger charge is 2.61. The summed E-state index contributed by atoms with van der Waals surface area (Å²) in [4.78, 5) is 0. The molecule has 0 amide bonds. The average molecular weight is 265 g/mol. The summed E-state index contributed by atoms with van der Waals surface area (Å²) < 4.78 is 0. The Balaban J connectivity index is 1.42. The van der Waals surface area contributed by atoms with E-state index in [9.17, 15) is 0 Å². The Bertz CT molecular complexity index is 579. The first-order valence-corrected chi connectivity index (χ1v) is 7.80. The fourth-order valence-corrected chi connectivity index (χ4v) is 5.17. The molecule has 0 N–H and O–H groups in total. The molecule has 3 nitrogen and oxygen atoms in total. The van der Waals surface area contributed by atoms with Crippen LogP contribution in [0.4, 0.5) is 0 Å². The minimum absolute atomic E-state index is 0.477. The number of allylic oxidation sites excluding steroid dienone is 2. The van der Waals surface area contributed by atoms with E-state index in [4.69, 9.17) is 0 Å². The molecule has 5 rings (SSSR count). The maximum Gasteiger partial charge on any atom is 0.0983 e. The molecule has 2 saturated carbocycles. The van der Waals surface area contributed by atoms with Crippen LogP contribution in [-0.2, 0) is 6.54 Å². The molecule has 102 valence electrons. The Labute approximate surface area is 119 Å². The van der Waals surface area contributed by atoms with Gasteiger partial charge in [0.25, 0.3) is 0 Å². The van der Waals surface area contributed by atoms with Crippen LogP contribution in [0.3, 0.4) is 0 Å². The second kappa shape index (κ2) is 3.94. The number of nitrogens with zero attached hydrogens (tertiary/aromatic N) is 3. The van der Waals surface area contributed by atoms with Gasteiger partial charge >= 0.3 is 0 Å². The quantitative estimate of drug-likeness (QED) is 0.753. The van der Waals surface area contributed by atoms with Gasteiger partial charge in [0.1, 0.15) is 0 Å². The third kappa shape index (κ3) is 1.36. The highest BCUT2D eigenvalue weighted by Crippen LogP contribution is 2.60. The number of hydrogen-bond donors (Lipinski definition) is 0. The molecule has 3 heteroatoms.